The Hall–Kier alpha value is -1.69. The Labute approximate surface area is 98.3 Å². The van der Waals surface area contributed by atoms with Crippen LogP contribution in [0.25, 0.3) is 5.65 Å². The summed E-state index contributed by atoms with van der Waals surface area (Å²) in [6, 6.07) is 3.44. The molecule has 6 heteroatoms. The van der Waals surface area contributed by atoms with Crippen molar-refractivity contribution in [1.29, 1.82) is 0 Å². The van der Waals surface area contributed by atoms with Gasteiger partial charge in [-0.1, -0.05) is 0 Å². The number of anilines is 1. The molecule has 0 spiro atoms. The Morgan fingerprint density at radius 3 is 3.18 bits per heavy atom. The minimum atomic E-state index is -0.306. The molecule has 0 amide bonds. The maximum Gasteiger partial charge on any atom is 0.245 e. The molecule has 2 aromatic heterocycles. The zero-order chi connectivity index (χ0) is 11.8. The normalized spacial score (nSPS) is 20.0. The first-order valence-corrected chi connectivity index (χ1v) is 5.69. The summed E-state index contributed by atoms with van der Waals surface area (Å²) in [6.45, 7) is 1.97. The van der Waals surface area contributed by atoms with Gasteiger partial charge in [0, 0.05) is 19.6 Å². The molecule has 1 unspecified atom stereocenters. The summed E-state index contributed by atoms with van der Waals surface area (Å²) >= 11 is 0. The van der Waals surface area contributed by atoms with Crippen molar-refractivity contribution in [2.75, 3.05) is 25.0 Å². The predicted octanol–water partition coefficient (Wildman–Crippen LogP) is 0.666. The van der Waals surface area contributed by atoms with E-state index in [4.69, 9.17) is 0 Å². The molecule has 2 aromatic rings. The third kappa shape index (κ3) is 1.84. The second-order valence-electron chi connectivity index (χ2n) is 4.32. The standard InChI is InChI=1S/C11H14FN5/c1-16(9-4-5-13-6-9)11-14-10-3-2-8(12)7-17(10)15-11/h2-3,7,9,13H,4-6H2,1H3. The molecule has 0 radical (unpaired) electrons. The number of hydrogen-bond donors (Lipinski definition) is 1. The zero-order valence-corrected chi connectivity index (χ0v) is 9.60. The molecule has 3 rings (SSSR count). The van der Waals surface area contributed by atoms with Crippen molar-refractivity contribution in [3.8, 4) is 0 Å². The maximum absolute atomic E-state index is 13.0. The first-order chi connectivity index (χ1) is 8.24. The van der Waals surface area contributed by atoms with Gasteiger partial charge in [-0.2, -0.15) is 4.98 Å². The second kappa shape index (κ2) is 3.96. The van der Waals surface area contributed by atoms with Crippen molar-refractivity contribution in [2.45, 2.75) is 12.5 Å². The predicted molar refractivity (Wildman–Crippen MR) is 62.6 cm³/mol. The van der Waals surface area contributed by atoms with E-state index < -0.39 is 0 Å². The van der Waals surface area contributed by atoms with Gasteiger partial charge in [-0.15, -0.1) is 5.10 Å². The summed E-state index contributed by atoms with van der Waals surface area (Å²) in [6.07, 6.45) is 2.42. The maximum atomic E-state index is 13.0. The first kappa shape index (κ1) is 10.5. The Balaban J connectivity index is 1.94. The minimum Gasteiger partial charge on any atom is -0.338 e. The molecule has 3 heterocycles. The van der Waals surface area contributed by atoms with E-state index in [0.717, 1.165) is 19.5 Å². The molecule has 0 aromatic carbocycles. The van der Waals surface area contributed by atoms with Gasteiger partial charge in [-0.05, 0) is 25.1 Å². The second-order valence-corrected chi connectivity index (χ2v) is 4.32. The smallest absolute Gasteiger partial charge is 0.245 e. The molecule has 1 aliphatic rings. The van der Waals surface area contributed by atoms with Crippen molar-refractivity contribution in [3.63, 3.8) is 0 Å². The van der Waals surface area contributed by atoms with Crippen molar-refractivity contribution < 1.29 is 4.39 Å². The van der Waals surface area contributed by atoms with E-state index in [9.17, 15) is 4.39 Å². The Bertz CT molecular complexity index is 532. The van der Waals surface area contributed by atoms with Crippen LogP contribution in [0.4, 0.5) is 10.3 Å². The molecule has 17 heavy (non-hydrogen) atoms. The molecule has 1 aliphatic heterocycles. The summed E-state index contributed by atoms with van der Waals surface area (Å²) in [5, 5.41) is 7.58. The van der Waals surface area contributed by atoms with Gasteiger partial charge in [0.1, 0.15) is 5.82 Å². The lowest BCUT2D eigenvalue weighted by atomic mass is 10.2. The summed E-state index contributed by atoms with van der Waals surface area (Å²) in [7, 11) is 1.97. The highest BCUT2D eigenvalue weighted by Crippen LogP contribution is 2.15. The SMILES string of the molecule is CN(c1nc2ccc(F)cn2n1)C1CCNC1. The number of aromatic nitrogens is 3. The van der Waals surface area contributed by atoms with E-state index in [0.29, 0.717) is 17.6 Å². The fourth-order valence-corrected chi connectivity index (χ4v) is 2.13. The molecule has 1 N–H and O–H groups in total. The molecular weight excluding hydrogens is 221 g/mol. The monoisotopic (exact) mass is 235 g/mol. The van der Waals surface area contributed by atoms with Crippen molar-refractivity contribution in [1.82, 2.24) is 19.9 Å². The number of fused-ring (bicyclic) bond motifs is 1. The van der Waals surface area contributed by atoms with Gasteiger partial charge < -0.3 is 10.2 Å². The van der Waals surface area contributed by atoms with E-state index in [1.165, 1.54) is 16.8 Å². The topological polar surface area (TPSA) is 45.5 Å². The Kier molecular flexibility index (Phi) is 2.44. The quantitative estimate of drug-likeness (QED) is 0.831. The third-order valence-corrected chi connectivity index (χ3v) is 3.18. The number of pyridine rings is 1. The zero-order valence-electron chi connectivity index (χ0n) is 9.60. The van der Waals surface area contributed by atoms with Crippen molar-refractivity contribution >= 4 is 11.6 Å². The molecule has 0 aliphatic carbocycles. The van der Waals surface area contributed by atoms with Crippen LogP contribution in [0.1, 0.15) is 6.42 Å². The van der Waals surface area contributed by atoms with Gasteiger partial charge in [0.05, 0.1) is 6.20 Å². The molecular formula is C11H14FN5. The highest BCUT2D eigenvalue weighted by molar-refractivity contribution is 5.44. The first-order valence-electron chi connectivity index (χ1n) is 5.69. The van der Waals surface area contributed by atoms with Crippen LogP contribution in [0.3, 0.4) is 0 Å². The molecule has 1 atom stereocenters. The van der Waals surface area contributed by atoms with E-state index >= 15 is 0 Å². The van der Waals surface area contributed by atoms with Crippen LogP contribution in [-0.2, 0) is 0 Å². The van der Waals surface area contributed by atoms with Gasteiger partial charge >= 0.3 is 0 Å². The highest BCUT2D eigenvalue weighted by Gasteiger charge is 2.22. The average Bonchev–Trinajstić information content (AvgIpc) is 2.96. The lowest BCUT2D eigenvalue weighted by Gasteiger charge is -2.21. The van der Waals surface area contributed by atoms with Crippen LogP contribution in [0.2, 0.25) is 0 Å². The van der Waals surface area contributed by atoms with Crippen LogP contribution in [0.5, 0.6) is 0 Å². The van der Waals surface area contributed by atoms with Crippen LogP contribution < -0.4 is 10.2 Å². The van der Waals surface area contributed by atoms with Crippen LogP contribution >= 0.6 is 0 Å². The number of halogens is 1. The fraction of sp³-hybridized carbons (Fsp3) is 0.455. The summed E-state index contributed by atoms with van der Waals surface area (Å²) in [5.74, 6) is 0.337. The molecule has 0 saturated carbocycles. The minimum absolute atomic E-state index is 0.306. The van der Waals surface area contributed by atoms with E-state index in [2.05, 4.69) is 15.4 Å². The highest BCUT2D eigenvalue weighted by atomic mass is 19.1. The number of likely N-dealkylation sites (N-methyl/N-ethyl adjacent to an activating group) is 1. The van der Waals surface area contributed by atoms with Gasteiger partial charge in [-0.3, -0.25) is 0 Å². The third-order valence-electron chi connectivity index (χ3n) is 3.18. The molecule has 0 bridgehead atoms. The van der Waals surface area contributed by atoms with Crippen molar-refractivity contribution in [3.05, 3.63) is 24.1 Å². The number of rotatable bonds is 2. The summed E-state index contributed by atoms with van der Waals surface area (Å²) in [4.78, 5) is 6.43. The fourth-order valence-electron chi connectivity index (χ4n) is 2.13. The lowest BCUT2D eigenvalue weighted by Crippen LogP contribution is -2.34. The average molecular weight is 235 g/mol. The van der Waals surface area contributed by atoms with E-state index in [1.54, 1.807) is 6.07 Å². The van der Waals surface area contributed by atoms with Gasteiger partial charge in [0.25, 0.3) is 0 Å². The van der Waals surface area contributed by atoms with Gasteiger partial charge in [0.15, 0.2) is 5.65 Å². The number of nitrogens with one attached hydrogen (secondary N) is 1. The van der Waals surface area contributed by atoms with Crippen molar-refractivity contribution in [2.24, 2.45) is 0 Å². The number of nitrogens with zero attached hydrogens (tertiary/aromatic N) is 4. The summed E-state index contributed by atoms with van der Waals surface area (Å²) < 4.78 is 14.5. The van der Waals surface area contributed by atoms with Crippen LogP contribution in [-0.4, -0.2) is 40.8 Å². The molecule has 5 nitrogen and oxygen atoms in total. The van der Waals surface area contributed by atoms with Crippen LogP contribution in [0.15, 0.2) is 18.3 Å². The largest absolute Gasteiger partial charge is 0.338 e. The van der Waals surface area contributed by atoms with Gasteiger partial charge in [-0.25, -0.2) is 8.91 Å². The molecule has 90 valence electrons. The van der Waals surface area contributed by atoms with Crippen LogP contribution in [0, 0.1) is 5.82 Å². The molecule has 1 saturated heterocycles. The van der Waals surface area contributed by atoms with E-state index in [1.807, 2.05) is 11.9 Å². The lowest BCUT2D eigenvalue weighted by molar-refractivity contribution is 0.613. The summed E-state index contributed by atoms with van der Waals surface area (Å²) in [5.41, 5.74) is 0.666. The Morgan fingerprint density at radius 1 is 1.53 bits per heavy atom. The number of hydrogen-bond acceptors (Lipinski definition) is 4. The van der Waals surface area contributed by atoms with Gasteiger partial charge in [0.2, 0.25) is 5.95 Å². The Morgan fingerprint density at radius 2 is 2.41 bits per heavy atom. The van der Waals surface area contributed by atoms with E-state index in [-0.39, 0.29) is 5.82 Å². The molecule has 1 fully saturated rings.